The Morgan fingerprint density at radius 3 is 2.16 bits per heavy atom. The van der Waals surface area contributed by atoms with Gasteiger partial charge >= 0.3 is 11.4 Å². The number of hydrogen-bond donors (Lipinski definition) is 0. The molecule has 1 aliphatic carbocycles. The average molecular weight is 356 g/mol. The van der Waals surface area contributed by atoms with Gasteiger partial charge in [-0.3, -0.25) is 8.37 Å². The molecule has 0 amide bonds. The molecule has 5 heteroatoms. The molecule has 0 N–H and O–H groups in total. The van der Waals surface area contributed by atoms with Gasteiger partial charge in [0.05, 0.1) is 6.10 Å². The fraction of sp³-hybridized carbons (Fsp3) is 0.400. The number of ether oxygens (including phenoxy) is 1. The van der Waals surface area contributed by atoms with Gasteiger partial charge in [-0.05, 0) is 35.1 Å². The molecule has 3 aliphatic rings. The Kier molecular flexibility index (Phi) is 3.97. The highest BCUT2D eigenvalue weighted by atomic mass is 32.2. The Morgan fingerprint density at radius 1 is 0.840 bits per heavy atom. The highest BCUT2D eigenvalue weighted by Crippen LogP contribution is 2.43. The molecule has 0 bridgehead atoms. The van der Waals surface area contributed by atoms with Gasteiger partial charge in [0.25, 0.3) is 0 Å². The zero-order valence-electron chi connectivity index (χ0n) is 13.8. The summed E-state index contributed by atoms with van der Waals surface area (Å²) in [5.41, 5.74) is 5.29. The number of hydrogen-bond acceptors (Lipinski definition) is 4. The largest absolute Gasteiger partial charge is 0.374 e. The molecule has 0 spiro atoms. The number of fused-ring (bicyclic) bond motifs is 3. The van der Waals surface area contributed by atoms with E-state index in [-0.39, 0.29) is 24.2 Å². The maximum Gasteiger partial charge on any atom is 0.305 e. The van der Waals surface area contributed by atoms with Gasteiger partial charge in [-0.2, -0.15) is 4.21 Å². The van der Waals surface area contributed by atoms with Crippen molar-refractivity contribution in [1.29, 1.82) is 0 Å². The third-order valence-corrected chi connectivity index (χ3v) is 6.35. The van der Waals surface area contributed by atoms with Gasteiger partial charge in [0, 0.05) is 18.9 Å². The lowest BCUT2D eigenvalue weighted by Gasteiger charge is -2.37. The van der Waals surface area contributed by atoms with E-state index in [9.17, 15) is 4.21 Å². The Balaban J connectivity index is 1.65. The first-order valence-electron chi connectivity index (χ1n) is 8.84. The summed E-state index contributed by atoms with van der Waals surface area (Å²) < 4.78 is 29.1. The lowest BCUT2D eigenvalue weighted by Crippen LogP contribution is -2.46. The summed E-state index contributed by atoms with van der Waals surface area (Å²) in [6.45, 7) is 0.604. The molecule has 25 heavy (non-hydrogen) atoms. The molecule has 5 rings (SSSR count). The smallest absolute Gasteiger partial charge is 0.305 e. The molecule has 0 saturated carbocycles. The highest BCUT2D eigenvalue weighted by molar-refractivity contribution is 7.75. The van der Waals surface area contributed by atoms with E-state index in [0.717, 1.165) is 19.3 Å². The van der Waals surface area contributed by atoms with Crippen LogP contribution in [-0.4, -0.2) is 29.1 Å². The molecule has 2 saturated heterocycles. The lowest BCUT2D eigenvalue weighted by molar-refractivity contribution is -0.0884. The summed E-state index contributed by atoms with van der Waals surface area (Å²) in [6.07, 6.45) is 2.14. The van der Waals surface area contributed by atoms with E-state index in [0.29, 0.717) is 6.61 Å². The lowest BCUT2D eigenvalue weighted by atomic mass is 9.80. The van der Waals surface area contributed by atoms with E-state index in [1.807, 2.05) is 0 Å². The fourth-order valence-electron chi connectivity index (χ4n) is 4.43. The van der Waals surface area contributed by atoms with E-state index in [4.69, 9.17) is 13.1 Å². The van der Waals surface area contributed by atoms with Crippen LogP contribution in [0.25, 0.3) is 0 Å². The van der Waals surface area contributed by atoms with Gasteiger partial charge in [0.15, 0.2) is 0 Å². The molecule has 2 heterocycles. The number of aryl methyl sites for hydroxylation is 2. The standard InChI is InChI=1S/C20H20O4S/c21-25-23-17-11-12-22-20(19(17)24-25)18-15-7-3-1-5-13(15)9-10-14-6-2-4-8-16(14)18/h1-8,17-20H,9-12H2. The minimum atomic E-state index is -1.67. The molecular formula is C20H20O4S. The monoisotopic (exact) mass is 356 g/mol. The Morgan fingerprint density at radius 2 is 1.48 bits per heavy atom. The minimum Gasteiger partial charge on any atom is -0.374 e. The summed E-state index contributed by atoms with van der Waals surface area (Å²) in [5, 5.41) is 0. The zero-order valence-corrected chi connectivity index (χ0v) is 14.6. The predicted molar refractivity (Wildman–Crippen MR) is 94.4 cm³/mol. The zero-order chi connectivity index (χ0) is 16.8. The van der Waals surface area contributed by atoms with E-state index in [1.54, 1.807) is 0 Å². The number of rotatable bonds is 1. The van der Waals surface area contributed by atoms with Crippen LogP contribution in [0.3, 0.4) is 0 Å². The normalized spacial score (nSPS) is 31.7. The van der Waals surface area contributed by atoms with Crippen LogP contribution in [0, 0.1) is 0 Å². The summed E-state index contributed by atoms with van der Waals surface area (Å²) in [5.74, 6) is 0.0707. The maximum atomic E-state index is 11.8. The fourth-order valence-corrected chi connectivity index (χ4v) is 5.30. The second-order valence-corrected chi connectivity index (χ2v) is 7.69. The second-order valence-electron chi connectivity index (χ2n) is 6.90. The van der Waals surface area contributed by atoms with Crippen LogP contribution in [0.5, 0.6) is 0 Å². The van der Waals surface area contributed by atoms with Crippen molar-refractivity contribution in [2.24, 2.45) is 0 Å². The number of benzene rings is 2. The van der Waals surface area contributed by atoms with Crippen LogP contribution < -0.4 is 0 Å². The molecule has 130 valence electrons. The SMILES string of the molecule is O=S1OC2CCOC(C3c4ccccc4CCc4ccccc43)C2O1. The van der Waals surface area contributed by atoms with Crippen LogP contribution in [0.2, 0.25) is 0 Å². The van der Waals surface area contributed by atoms with Gasteiger partial charge in [0.2, 0.25) is 0 Å². The van der Waals surface area contributed by atoms with Gasteiger partial charge in [-0.25, -0.2) is 0 Å². The maximum absolute atomic E-state index is 11.8. The highest BCUT2D eigenvalue weighted by Gasteiger charge is 2.48. The molecule has 4 atom stereocenters. The van der Waals surface area contributed by atoms with Crippen LogP contribution in [0.1, 0.15) is 34.6 Å². The van der Waals surface area contributed by atoms with Crippen molar-refractivity contribution in [3.05, 3.63) is 70.8 Å². The van der Waals surface area contributed by atoms with Crippen LogP contribution >= 0.6 is 0 Å². The molecule has 0 aromatic heterocycles. The van der Waals surface area contributed by atoms with Crippen LogP contribution in [0.15, 0.2) is 48.5 Å². The Labute approximate surface area is 150 Å². The van der Waals surface area contributed by atoms with Crippen molar-refractivity contribution >= 4 is 11.4 Å². The van der Waals surface area contributed by atoms with E-state index in [2.05, 4.69) is 48.5 Å². The third-order valence-electron chi connectivity index (χ3n) is 5.57. The van der Waals surface area contributed by atoms with Crippen molar-refractivity contribution in [2.45, 2.75) is 43.5 Å². The van der Waals surface area contributed by atoms with Gasteiger partial charge < -0.3 is 4.74 Å². The topological polar surface area (TPSA) is 44.8 Å². The van der Waals surface area contributed by atoms with Gasteiger partial charge in [-0.1, -0.05) is 48.5 Å². The summed E-state index contributed by atoms with van der Waals surface area (Å²) >= 11 is -1.67. The minimum absolute atomic E-state index is 0.0707. The van der Waals surface area contributed by atoms with Crippen molar-refractivity contribution < 1.29 is 17.3 Å². The first-order valence-corrected chi connectivity index (χ1v) is 9.84. The average Bonchev–Trinajstić information content (AvgIpc) is 2.94. The van der Waals surface area contributed by atoms with Crippen molar-refractivity contribution in [3.63, 3.8) is 0 Å². The van der Waals surface area contributed by atoms with E-state index < -0.39 is 11.4 Å². The summed E-state index contributed by atoms with van der Waals surface area (Å²) in [7, 11) is 0. The van der Waals surface area contributed by atoms with Crippen molar-refractivity contribution in [2.75, 3.05) is 6.61 Å². The van der Waals surface area contributed by atoms with E-state index >= 15 is 0 Å². The quantitative estimate of drug-likeness (QED) is 0.788. The molecule has 2 fully saturated rings. The summed E-state index contributed by atoms with van der Waals surface area (Å²) in [4.78, 5) is 0. The molecule has 4 unspecified atom stereocenters. The van der Waals surface area contributed by atoms with Gasteiger partial charge in [-0.15, -0.1) is 0 Å². The second kappa shape index (κ2) is 6.32. The molecule has 0 radical (unpaired) electrons. The van der Waals surface area contributed by atoms with Crippen LogP contribution in [0.4, 0.5) is 0 Å². The first kappa shape index (κ1) is 15.7. The molecule has 2 aliphatic heterocycles. The van der Waals surface area contributed by atoms with E-state index in [1.165, 1.54) is 22.3 Å². The molecule has 2 aromatic carbocycles. The summed E-state index contributed by atoms with van der Waals surface area (Å²) in [6, 6.07) is 17.2. The molecular weight excluding hydrogens is 336 g/mol. The third kappa shape index (κ3) is 2.66. The molecule has 4 nitrogen and oxygen atoms in total. The first-order chi connectivity index (χ1) is 12.3. The van der Waals surface area contributed by atoms with Crippen molar-refractivity contribution in [3.8, 4) is 0 Å². The Hall–Kier alpha value is -1.53. The van der Waals surface area contributed by atoms with Gasteiger partial charge in [0.1, 0.15) is 12.2 Å². The van der Waals surface area contributed by atoms with Crippen LogP contribution in [-0.2, 0) is 37.3 Å². The molecule has 2 aromatic rings. The van der Waals surface area contributed by atoms with Crippen molar-refractivity contribution in [1.82, 2.24) is 0 Å². The predicted octanol–water partition coefficient (Wildman–Crippen LogP) is 3.07. The Bertz CT molecular complexity index is 773.